The average molecular weight is 431 g/mol. The summed E-state index contributed by atoms with van der Waals surface area (Å²) in [5.41, 5.74) is 0.0873. The van der Waals surface area contributed by atoms with E-state index in [2.05, 4.69) is 0 Å². The molecule has 0 aliphatic heterocycles. The normalized spacial score (nSPS) is 14.3. The number of hydrogen-bond donors (Lipinski definition) is 1. The minimum atomic E-state index is -1.27. The molecule has 0 spiro atoms. The van der Waals surface area contributed by atoms with E-state index in [-0.39, 0.29) is 40.2 Å². The van der Waals surface area contributed by atoms with Gasteiger partial charge in [-0.25, -0.2) is 13.2 Å². The number of aromatic hydroxyl groups is 1. The second kappa shape index (κ2) is 8.09. The van der Waals surface area contributed by atoms with Crippen LogP contribution >= 0.6 is 0 Å². The molecule has 1 fully saturated rings. The first-order valence-corrected chi connectivity index (χ1v) is 9.98. The van der Waals surface area contributed by atoms with Crippen molar-refractivity contribution in [2.75, 3.05) is 0 Å². The molecular formula is C23H20F3NO4. The zero-order valence-electron chi connectivity index (χ0n) is 16.8. The van der Waals surface area contributed by atoms with Gasteiger partial charge in [-0.3, -0.25) is 14.2 Å². The van der Waals surface area contributed by atoms with Gasteiger partial charge in [0.25, 0.3) is 5.91 Å². The van der Waals surface area contributed by atoms with Crippen molar-refractivity contribution < 1.29 is 32.6 Å². The number of halogens is 3. The van der Waals surface area contributed by atoms with E-state index in [1.807, 2.05) is 0 Å². The second-order valence-electron chi connectivity index (χ2n) is 7.70. The Kier molecular flexibility index (Phi) is 5.47. The van der Waals surface area contributed by atoms with Crippen LogP contribution in [0.4, 0.5) is 13.2 Å². The van der Waals surface area contributed by atoms with E-state index in [0.717, 1.165) is 42.4 Å². The average Bonchev–Trinajstić information content (AvgIpc) is 3.32. The lowest BCUT2D eigenvalue weighted by atomic mass is 10.1. The Morgan fingerprint density at radius 2 is 1.87 bits per heavy atom. The molecule has 0 saturated heterocycles. The van der Waals surface area contributed by atoms with Crippen molar-refractivity contribution in [2.24, 2.45) is 0 Å². The molecule has 1 aliphatic rings. The van der Waals surface area contributed by atoms with Gasteiger partial charge in [-0.15, -0.1) is 0 Å². The molecule has 1 saturated carbocycles. The van der Waals surface area contributed by atoms with Crippen LogP contribution in [0.25, 0.3) is 10.9 Å². The Hall–Kier alpha value is -3.29. The van der Waals surface area contributed by atoms with Gasteiger partial charge in [0, 0.05) is 22.7 Å². The lowest BCUT2D eigenvalue weighted by molar-refractivity contribution is -0.147. The number of rotatable bonds is 4. The summed E-state index contributed by atoms with van der Waals surface area (Å²) in [5, 5.41) is 9.53. The molecule has 31 heavy (non-hydrogen) atoms. The number of phenols is 1. The quantitative estimate of drug-likeness (QED) is 0.603. The molecule has 162 valence electrons. The lowest BCUT2D eigenvalue weighted by Gasteiger charge is -2.11. The van der Waals surface area contributed by atoms with E-state index in [0.29, 0.717) is 0 Å². The number of esters is 1. The minimum Gasteiger partial charge on any atom is -0.503 e. The van der Waals surface area contributed by atoms with Crippen LogP contribution in [0.1, 0.15) is 47.3 Å². The molecule has 2 aromatic carbocycles. The molecule has 1 N–H and O–H groups in total. The van der Waals surface area contributed by atoms with Crippen LogP contribution in [-0.4, -0.2) is 27.7 Å². The summed E-state index contributed by atoms with van der Waals surface area (Å²) >= 11 is 0. The Balaban J connectivity index is 1.84. The maximum Gasteiger partial charge on any atom is 0.310 e. The molecule has 5 nitrogen and oxygen atoms in total. The van der Waals surface area contributed by atoms with Crippen molar-refractivity contribution in [2.45, 2.75) is 45.1 Å². The van der Waals surface area contributed by atoms with Gasteiger partial charge in [0.05, 0.1) is 11.9 Å². The molecular weight excluding hydrogens is 411 g/mol. The fourth-order valence-electron chi connectivity index (χ4n) is 4.16. The van der Waals surface area contributed by atoms with Crippen LogP contribution in [-0.2, 0) is 16.0 Å². The van der Waals surface area contributed by atoms with Crippen LogP contribution in [0.15, 0.2) is 30.3 Å². The summed E-state index contributed by atoms with van der Waals surface area (Å²) in [6, 6.07) is 5.71. The third kappa shape index (κ3) is 3.78. The third-order valence-corrected chi connectivity index (χ3v) is 5.68. The van der Waals surface area contributed by atoms with Crippen molar-refractivity contribution in [1.82, 2.24) is 4.57 Å². The Morgan fingerprint density at radius 3 is 2.55 bits per heavy atom. The molecule has 0 amide bonds. The number of nitrogens with zero attached hydrogens (tertiary/aromatic N) is 1. The van der Waals surface area contributed by atoms with Gasteiger partial charge in [0.15, 0.2) is 17.4 Å². The molecule has 1 aromatic heterocycles. The van der Waals surface area contributed by atoms with Crippen LogP contribution in [0.2, 0.25) is 0 Å². The van der Waals surface area contributed by atoms with E-state index >= 15 is 0 Å². The Bertz CT molecular complexity index is 1200. The molecule has 1 aliphatic carbocycles. The summed E-state index contributed by atoms with van der Waals surface area (Å²) < 4.78 is 49.1. The van der Waals surface area contributed by atoms with E-state index < -0.39 is 35.1 Å². The Labute approximate surface area is 176 Å². The van der Waals surface area contributed by atoms with Crippen LogP contribution < -0.4 is 0 Å². The SMILES string of the molecule is Cc1c(CC(=O)OC2CCCC2)c2c(F)c(O)c(F)cc2n1C(=O)c1cccc(F)c1. The molecule has 0 atom stereocenters. The van der Waals surface area contributed by atoms with Crippen molar-refractivity contribution >= 4 is 22.8 Å². The van der Waals surface area contributed by atoms with Gasteiger partial charge in [0.2, 0.25) is 0 Å². The fourth-order valence-corrected chi connectivity index (χ4v) is 4.16. The number of fused-ring (bicyclic) bond motifs is 1. The van der Waals surface area contributed by atoms with Crippen LogP contribution in [0, 0.1) is 24.4 Å². The summed E-state index contributed by atoms with van der Waals surface area (Å²) in [5.74, 6) is -5.69. The minimum absolute atomic E-state index is 0.0334. The van der Waals surface area contributed by atoms with Crippen LogP contribution in [0.5, 0.6) is 5.75 Å². The molecule has 3 aromatic rings. The number of carbonyl (C=O) groups is 2. The number of aromatic nitrogens is 1. The molecule has 0 bridgehead atoms. The zero-order valence-corrected chi connectivity index (χ0v) is 16.8. The van der Waals surface area contributed by atoms with E-state index in [1.54, 1.807) is 0 Å². The largest absolute Gasteiger partial charge is 0.503 e. The lowest BCUT2D eigenvalue weighted by Crippen LogP contribution is -2.17. The monoisotopic (exact) mass is 431 g/mol. The summed E-state index contributed by atoms with van der Waals surface area (Å²) in [4.78, 5) is 25.6. The number of ether oxygens (including phenoxy) is 1. The predicted molar refractivity (Wildman–Crippen MR) is 106 cm³/mol. The fraction of sp³-hybridized carbons (Fsp3) is 0.304. The zero-order chi connectivity index (χ0) is 22.3. The summed E-state index contributed by atoms with van der Waals surface area (Å²) in [7, 11) is 0. The maximum atomic E-state index is 14.9. The van der Waals surface area contributed by atoms with E-state index in [9.17, 15) is 27.9 Å². The number of benzene rings is 2. The molecule has 8 heteroatoms. The van der Waals surface area contributed by atoms with Gasteiger partial charge < -0.3 is 9.84 Å². The van der Waals surface area contributed by atoms with Crippen molar-refractivity contribution in [1.29, 1.82) is 0 Å². The first kappa shape index (κ1) is 21.0. The summed E-state index contributed by atoms with van der Waals surface area (Å²) in [6.45, 7) is 1.48. The van der Waals surface area contributed by atoms with Gasteiger partial charge in [-0.1, -0.05) is 6.07 Å². The van der Waals surface area contributed by atoms with E-state index in [1.165, 1.54) is 25.1 Å². The summed E-state index contributed by atoms with van der Waals surface area (Å²) in [6.07, 6.45) is 2.87. The Morgan fingerprint density at radius 1 is 1.16 bits per heavy atom. The highest BCUT2D eigenvalue weighted by molar-refractivity contribution is 6.05. The van der Waals surface area contributed by atoms with Crippen molar-refractivity contribution in [3.63, 3.8) is 0 Å². The highest BCUT2D eigenvalue weighted by atomic mass is 19.1. The highest BCUT2D eigenvalue weighted by Gasteiger charge is 2.28. The van der Waals surface area contributed by atoms with Crippen LogP contribution in [0.3, 0.4) is 0 Å². The van der Waals surface area contributed by atoms with Crippen molar-refractivity contribution in [3.05, 3.63) is 64.6 Å². The van der Waals surface area contributed by atoms with Gasteiger partial charge in [0.1, 0.15) is 11.9 Å². The van der Waals surface area contributed by atoms with Gasteiger partial charge in [-0.05, 0) is 56.4 Å². The number of hydrogen-bond acceptors (Lipinski definition) is 4. The molecule has 0 unspecified atom stereocenters. The molecule has 0 radical (unpaired) electrons. The first-order chi connectivity index (χ1) is 14.8. The van der Waals surface area contributed by atoms with Gasteiger partial charge in [-0.2, -0.15) is 0 Å². The second-order valence-corrected chi connectivity index (χ2v) is 7.70. The third-order valence-electron chi connectivity index (χ3n) is 5.68. The topological polar surface area (TPSA) is 68.5 Å². The first-order valence-electron chi connectivity index (χ1n) is 9.98. The van der Waals surface area contributed by atoms with Crippen molar-refractivity contribution in [3.8, 4) is 5.75 Å². The molecule has 4 rings (SSSR count). The van der Waals surface area contributed by atoms with E-state index in [4.69, 9.17) is 4.74 Å². The van der Waals surface area contributed by atoms with Gasteiger partial charge >= 0.3 is 5.97 Å². The molecule has 1 heterocycles. The number of phenolic OH excluding ortho intramolecular Hbond substituents is 1. The predicted octanol–water partition coefficient (Wildman–Crippen LogP) is 4.79. The smallest absolute Gasteiger partial charge is 0.310 e. The number of carbonyl (C=O) groups excluding carboxylic acids is 2. The highest BCUT2D eigenvalue weighted by Crippen LogP contribution is 2.36. The standard InChI is InChI=1S/C23H20F3NO4/c1-12-16(10-19(28)31-15-7-2-3-8-15)20-18(11-17(25)22(29)21(20)26)27(12)23(30)13-5-4-6-14(24)9-13/h4-6,9,11,15,29H,2-3,7-8,10H2,1H3. The maximum absolute atomic E-state index is 14.9.